The number of nitrogens with two attached hydrogens (primary N) is 3. The van der Waals surface area contributed by atoms with Crippen LogP contribution in [0, 0.1) is 10.1 Å². The third-order valence-electron chi connectivity index (χ3n) is 8.18. The molecule has 2 unspecified atom stereocenters. The maximum atomic E-state index is 11.6. The normalized spacial score (nSPS) is 12.8. The van der Waals surface area contributed by atoms with Gasteiger partial charge in [-0.3, -0.25) is 10.1 Å². The second-order valence-corrected chi connectivity index (χ2v) is 16.4. The molecular formula is C32H34N12O6S2. The van der Waals surface area contributed by atoms with Gasteiger partial charge in [-0.15, -0.1) is 0 Å². The van der Waals surface area contributed by atoms with Gasteiger partial charge < -0.3 is 17.2 Å². The molecule has 2 atom stereocenters. The highest BCUT2D eigenvalue weighted by molar-refractivity contribution is 7.91. The Hall–Kier alpha value is -6.28. The van der Waals surface area contributed by atoms with E-state index in [1.54, 1.807) is 79.8 Å². The lowest BCUT2D eigenvalue weighted by atomic mass is 10.1. The number of sulfone groups is 2. The second kappa shape index (κ2) is 14.5. The van der Waals surface area contributed by atoms with Gasteiger partial charge in [0.25, 0.3) is 0 Å². The third kappa shape index (κ3) is 8.02. The summed E-state index contributed by atoms with van der Waals surface area (Å²) >= 11 is 0. The van der Waals surface area contributed by atoms with Gasteiger partial charge in [0, 0.05) is 66.4 Å². The zero-order chi connectivity index (χ0) is 38.0. The molecule has 6 rings (SSSR count). The van der Waals surface area contributed by atoms with E-state index in [0.717, 1.165) is 11.1 Å². The molecule has 18 nitrogen and oxygen atoms in total. The number of rotatable bonds is 9. The smallest absolute Gasteiger partial charge is 0.319 e. The van der Waals surface area contributed by atoms with Crippen LogP contribution in [-0.4, -0.2) is 73.8 Å². The number of anilines is 3. The molecule has 0 fully saturated rings. The molecule has 6 aromatic rings. The van der Waals surface area contributed by atoms with Crippen molar-refractivity contribution in [3.8, 4) is 33.9 Å². The Labute approximate surface area is 298 Å². The van der Waals surface area contributed by atoms with Crippen LogP contribution in [0.5, 0.6) is 0 Å². The first-order valence-corrected chi connectivity index (χ1v) is 19.2. The molecule has 0 aliphatic heterocycles. The lowest BCUT2D eigenvalue weighted by Crippen LogP contribution is -2.08. The van der Waals surface area contributed by atoms with E-state index in [1.165, 1.54) is 41.9 Å². The maximum absolute atomic E-state index is 11.6. The summed E-state index contributed by atoms with van der Waals surface area (Å²) in [6, 6.07) is 9.98. The highest BCUT2D eigenvalue weighted by atomic mass is 32.2. The van der Waals surface area contributed by atoms with E-state index in [9.17, 15) is 26.9 Å². The molecule has 52 heavy (non-hydrogen) atoms. The van der Waals surface area contributed by atoms with Crippen LogP contribution >= 0.6 is 0 Å². The molecule has 270 valence electrons. The molecule has 0 bridgehead atoms. The van der Waals surface area contributed by atoms with Crippen LogP contribution < -0.4 is 17.2 Å². The van der Waals surface area contributed by atoms with Crippen LogP contribution in [0.15, 0.2) is 86.0 Å². The number of aromatic nitrogens is 8. The van der Waals surface area contributed by atoms with Crippen molar-refractivity contribution in [2.75, 3.05) is 29.7 Å². The first-order valence-electron chi connectivity index (χ1n) is 15.2. The summed E-state index contributed by atoms with van der Waals surface area (Å²) in [7, 11) is -6.39. The minimum atomic E-state index is -3.23. The molecule has 0 aliphatic rings. The minimum Gasteiger partial charge on any atom is -0.395 e. The zero-order valence-electron chi connectivity index (χ0n) is 28.3. The number of nitrogen functional groups attached to an aromatic ring is 3. The molecular weight excluding hydrogens is 713 g/mol. The van der Waals surface area contributed by atoms with Gasteiger partial charge in [0.05, 0.1) is 39.1 Å². The first kappa shape index (κ1) is 37.0. The largest absolute Gasteiger partial charge is 0.395 e. The number of pyridine rings is 4. The maximum Gasteiger partial charge on any atom is 0.319 e. The van der Waals surface area contributed by atoms with Crippen LogP contribution in [0.1, 0.15) is 35.5 Å². The fraction of sp³-hybridized carbons (Fsp3) is 0.188. The molecule has 0 aromatic carbocycles. The number of hydrogen-bond acceptors (Lipinski definition) is 15. The molecule has 0 aliphatic carbocycles. The second-order valence-electron chi connectivity index (χ2n) is 11.7. The van der Waals surface area contributed by atoms with E-state index >= 15 is 0 Å². The molecule has 0 amide bonds. The van der Waals surface area contributed by atoms with Gasteiger partial charge in [-0.05, 0) is 49.2 Å². The average molecular weight is 747 g/mol. The number of hydrogen-bond donors (Lipinski definition) is 3. The van der Waals surface area contributed by atoms with Crippen LogP contribution in [0.4, 0.5) is 23.0 Å². The van der Waals surface area contributed by atoms with E-state index < -0.39 is 35.1 Å². The van der Waals surface area contributed by atoms with Crippen molar-refractivity contribution in [3.63, 3.8) is 0 Å². The monoisotopic (exact) mass is 746 g/mol. The first-order chi connectivity index (χ1) is 24.5. The van der Waals surface area contributed by atoms with Crippen molar-refractivity contribution in [2.45, 2.75) is 24.3 Å². The summed E-state index contributed by atoms with van der Waals surface area (Å²) < 4.78 is 49.6. The van der Waals surface area contributed by atoms with E-state index in [-0.39, 0.29) is 17.3 Å². The van der Waals surface area contributed by atoms with Crippen LogP contribution in [0.25, 0.3) is 33.9 Å². The van der Waals surface area contributed by atoms with E-state index in [1.807, 2.05) is 0 Å². The molecule has 6 heterocycles. The Morgan fingerprint density at radius 2 is 1.10 bits per heavy atom. The summed E-state index contributed by atoms with van der Waals surface area (Å²) in [5, 5.41) is 18.4. The van der Waals surface area contributed by atoms with Gasteiger partial charge in [0.2, 0.25) is 5.82 Å². The lowest BCUT2D eigenvalue weighted by Gasteiger charge is -2.09. The number of nitrogens with zero attached hydrogens (tertiary/aromatic N) is 9. The summed E-state index contributed by atoms with van der Waals surface area (Å²) in [5.41, 5.74) is 20.9. The highest BCUT2D eigenvalue weighted by Crippen LogP contribution is 2.33. The Kier molecular flexibility index (Phi) is 10.3. The van der Waals surface area contributed by atoms with Gasteiger partial charge in [0.1, 0.15) is 5.82 Å². The Morgan fingerprint density at radius 3 is 1.52 bits per heavy atom. The quantitative estimate of drug-likeness (QED) is 0.141. The summed E-state index contributed by atoms with van der Waals surface area (Å²) in [4.78, 5) is 26.9. The van der Waals surface area contributed by atoms with Crippen molar-refractivity contribution in [2.24, 2.45) is 0 Å². The Bertz CT molecular complexity index is 2470. The lowest BCUT2D eigenvalue weighted by molar-refractivity contribution is -0.383. The van der Waals surface area contributed by atoms with Crippen molar-refractivity contribution in [1.29, 1.82) is 0 Å². The molecule has 6 N–H and O–H groups in total. The summed E-state index contributed by atoms with van der Waals surface area (Å²) in [6.45, 7) is 3.22. The van der Waals surface area contributed by atoms with Gasteiger partial charge in [-0.1, -0.05) is 12.1 Å². The molecule has 6 aromatic heterocycles. The van der Waals surface area contributed by atoms with Gasteiger partial charge in [0.15, 0.2) is 31.3 Å². The SMILES string of the molecule is CC(c1ccc(-n2cc(-c3ccnc(N)c3N)cn2)nc1)S(C)(=O)=O.CC(c1ccc(-n2cc(-c3ccnc(N)c3[N+](=O)[O-])cn2)nc1)S(C)(=O)=O. The number of nitro groups is 1. The minimum absolute atomic E-state index is 0.178. The van der Waals surface area contributed by atoms with E-state index in [4.69, 9.17) is 17.2 Å². The van der Waals surface area contributed by atoms with Crippen LogP contribution in [-0.2, 0) is 19.7 Å². The zero-order valence-corrected chi connectivity index (χ0v) is 29.9. The average Bonchev–Trinajstić information content (AvgIpc) is 3.79. The highest BCUT2D eigenvalue weighted by Gasteiger charge is 2.22. The van der Waals surface area contributed by atoms with Crippen molar-refractivity contribution in [3.05, 3.63) is 107 Å². The van der Waals surface area contributed by atoms with Crippen LogP contribution in [0.2, 0.25) is 0 Å². The fourth-order valence-electron chi connectivity index (χ4n) is 4.85. The molecule has 0 radical (unpaired) electrons. The molecule has 0 spiro atoms. The van der Waals surface area contributed by atoms with Crippen molar-refractivity contribution >= 4 is 42.7 Å². The van der Waals surface area contributed by atoms with Gasteiger partial charge in [-0.25, -0.2) is 46.1 Å². The standard InChI is InChI=1S/C16H16N6O4S.C16H18N6O2S/c1-10(27(2,25)26)11-3-4-14(19-7-11)21-9-12(8-20-21)13-5-6-18-16(17)15(13)22(23)24;1-10(25(2,23)24)11-3-4-14(20-7-11)22-9-12(8-21-22)13-5-6-19-16(18)15(13)17/h3-10H,1-2H3,(H2,17,18);3-10H,17H2,1-2H3,(H2,18,19). The summed E-state index contributed by atoms with van der Waals surface area (Å²) in [5.74, 6) is 1.09. The summed E-state index contributed by atoms with van der Waals surface area (Å²) in [6.07, 6.45) is 14.8. The van der Waals surface area contributed by atoms with Gasteiger partial charge >= 0.3 is 5.69 Å². The van der Waals surface area contributed by atoms with Crippen LogP contribution in [0.3, 0.4) is 0 Å². The van der Waals surface area contributed by atoms with E-state index in [0.29, 0.717) is 39.6 Å². The molecule has 20 heteroatoms. The van der Waals surface area contributed by atoms with Gasteiger partial charge in [-0.2, -0.15) is 10.2 Å². The molecule has 0 saturated heterocycles. The van der Waals surface area contributed by atoms with Crippen molar-refractivity contribution in [1.82, 2.24) is 39.5 Å². The Morgan fingerprint density at radius 1 is 0.654 bits per heavy atom. The fourth-order valence-corrected chi connectivity index (χ4v) is 6.12. The topological polar surface area (TPSA) is 277 Å². The third-order valence-corrected chi connectivity index (χ3v) is 11.3. The Balaban J connectivity index is 0.000000202. The molecule has 0 saturated carbocycles. The predicted octanol–water partition coefficient (Wildman–Crippen LogP) is 3.52. The van der Waals surface area contributed by atoms with Crippen molar-refractivity contribution < 1.29 is 21.8 Å². The van der Waals surface area contributed by atoms with E-state index in [2.05, 4.69) is 30.1 Å². The predicted molar refractivity (Wildman–Crippen MR) is 196 cm³/mol.